The molecule has 0 aliphatic heterocycles. The average Bonchev–Trinajstić information content (AvgIpc) is 1.98. The van der Waals surface area contributed by atoms with Crippen LogP contribution < -0.4 is 0 Å². The Morgan fingerprint density at radius 2 is 2.00 bits per heavy atom. The molecule has 0 saturated carbocycles. The fourth-order valence-electron chi connectivity index (χ4n) is 0.745. The second kappa shape index (κ2) is 1.72. The molecule has 2 nitrogen and oxygen atoms in total. The van der Waals surface area contributed by atoms with E-state index in [-0.39, 0.29) is 11.5 Å². The summed E-state index contributed by atoms with van der Waals surface area (Å²) in [5.74, 6) is -0.377. The van der Waals surface area contributed by atoms with E-state index in [4.69, 9.17) is 5.11 Å². The molecule has 0 radical (unpaired) electrons. The van der Waals surface area contributed by atoms with Crippen LogP contribution in [0.2, 0.25) is 0 Å². The number of hydrogen-bond acceptors (Lipinski definition) is 2. The van der Waals surface area contributed by atoms with E-state index < -0.39 is 0 Å². The first-order valence-electron chi connectivity index (χ1n) is 2.76. The molecule has 1 rings (SSSR count). The Balaban J connectivity index is 3.11. The van der Waals surface area contributed by atoms with Crippen LogP contribution in [0.3, 0.4) is 0 Å². The minimum absolute atomic E-state index is 0.104. The Labute approximate surface area is 53.5 Å². The molecule has 0 aromatic rings. The van der Waals surface area contributed by atoms with Gasteiger partial charge < -0.3 is 5.11 Å². The number of allylic oxidation sites excluding steroid dienone is 3. The number of rotatable bonds is 0. The summed E-state index contributed by atoms with van der Waals surface area (Å²) >= 11 is 0. The molecule has 0 bridgehead atoms. The molecule has 0 aromatic heterocycles. The molecule has 0 heterocycles. The topological polar surface area (TPSA) is 37.3 Å². The predicted octanol–water partition coefficient (Wildman–Crippen LogP) is 1.35. The normalized spacial score (nSPS) is 18.9. The fraction of sp³-hybridized carbons (Fsp3) is 0.286. The molecule has 48 valence electrons. The third kappa shape index (κ3) is 0.762. The van der Waals surface area contributed by atoms with Crippen LogP contribution in [0, 0.1) is 0 Å². The number of hydrogen-bond donors (Lipinski definition) is 1. The van der Waals surface area contributed by atoms with Gasteiger partial charge in [-0.3, -0.25) is 4.79 Å². The van der Waals surface area contributed by atoms with Crippen molar-refractivity contribution >= 4 is 5.78 Å². The summed E-state index contributed by atoms with van der Waals surface area (Å²) in [5.41, 5.74) is 1.55. The van der Waals surface area contributed by atoms with E-state index in [1.54, 1.807) is 13.8 Å². The quantitative estimate of drug-likeness (QED) is 0.529. The summed E-state index contributed by atoms with van der Waals surface area (Å²) in [7, 11) is 0. The molecule has 1 aliphatic rings. The maximum Gasteiger partial charge on any atom is 0.220 e. The predicted molar refractivity (Wildman–Crippen MR) is 34.1 cm³/mol. The first kappa shape index (κ1) is 6.08. The van der Waals surface area contributed by atoms with Gasteiger partial charge in [-0.05, 0) is 31.1 Å². The first-order valence-corrected chi connectivity index (χ1v) is 2.76. The third-order valence-corrected chi connectivity index (χ3v) is 1.53. The molecule has 0 unspecified atom stereocenters. The summed E-state index contributed by atoms with van der Waals surface area (Å²) in [6, 6.07) is 0. The van der Waals surface area contributed by atoms with E-state index >= 15 is 0 Å². The van der Waals surface area contributed by atoms with Gasteiger partial charge in [-0.15, -0.1) is 0 Å². The standard InChI is InChI=1S/C7H8O2/c1-4-3-6(8)7(9)5(4)2/h3H,1-2H3,(H,8,9). The summed E-state index contributed by atoms with van der Waals surface area (Å²) in [4.78, 5) is 10.6. The van der Waals surface area contributed by atoms with E-state index in [1.807, 2.05) is 0 Å². The Hall–Kier alpha value is -1.05. The Kier molecular flexibility index (Phi) is 1.16. The molecule has 0 fully saturated rings. The summed E-state index contributed by atoms with van der Waals surface area (Å²) in [5, 5.41) is 8.91. The highest BCUT2D eigenvalue weighted by molar-refractivity contribution is 6.06. The second-order valence-electron chi connectivity index (χ2n) is 2.17. The lowest BCUT2D eigenvalue weighted by molar-refractivity contribution is -0.113. The molecular formula is C7H8O2. The molecule has 0 spiro atoms. The van der Waals surface area contributed by atoms with E-state index in [1.165, 1.54) is 6.08 Å². The number of carbonyl (C=O) groups is 1. The van der Waals surface area contributed by atoms with Crippen molar-refractivity contribution in [1.29, 1.82) is 0 Å². The van der Waals surface area contributed by atoms with Crippen LogP contribution in [0.25, 0.3) is 0 Å². The average molecular weight is 124 g/mol. The zero-order valence-corrected chi connectivity index (χ0v) is 5.43. The van der Waals surface area contributed by atoms with Crippen LogP contribution in [0.5, 0.6) is 0 Å². The molecule has 1 N–H and O–H groups in total. The van der Waals surface area contributed by atoms with Crippen LogP contribution in [0.4, 0.5) is 0 Å². The molecule has 2 heteroatoms. The van der Waals surface area contributed by atoms with E-state index in [2.05, 4.69) is 0 Å². The van der Waals surface area contributed by atoms with E-state index in [0.29, 0.717) is 5.57 Å². The highest BCUT2D eigenvalue weighted by Gasteiger charge is 2.16. The van der Waals surface area contributed by atoms with Gasteiger partial charge in [0.2, 0.25) is 5.78 Å². The van der Waals surface area contributed by atoms with Crippen molar-refractivity contribution < 1.29 is 9.90 Å². The minimum Gasteiger partial charge on any atom is -0.504 e. The van der Waals surface area contributed by atoms with Crippen molar-refractivity contribution in [1.82, 2.24) is 0 Å². The van der Waals surface area contributed by atoms with Crippen molar-refractivity contribution in [3.05, 3.63) is 23.0 Å². The molecular weight excluding hydrogens is 116 g/mol. The van der Waals surface area contributed by atoms with Crippen molar-refractivity contribution in [3.8, 4) is 0 Å². The lowest BCUT2D eigenvalue weighted by atomic mass is 10.2. The monoisotopic (exact) mass is 124 g/mol. The minimum atomic E-state index is -0.273. The molecule has 0 amide bonds. The summed E-state index contributed by atoms with van der Waals surface area (Å²) < 4.78 is 0. The maximum atomic E-state index is 10.6. The molecule has 0 atom stereocenters. The molecule has 9 heavy (non-hydrogen) atoms. The zero-order chi connectivity index (χ0) is 7.02. The van der Waals surface area contributed by atoms with E-state index in [9.17, 15) is 4.79 Å². The van der Waals surface area contributed by atoms with E-state index in [0.717, 1.165) is 5.57 Å². The maximum absolute atomic E-state index is 10.6. The van der Waals surface area contributed by atoms with Gasteiger partial charge >= 0.3 is 0 Å². The fourth-order valence-corrected chi connectivity index (χ4v) is 0.745. The Morgan fingerprint density at radius 3 is 2.11 bits per heavy atom. The zero-order valence-electron chi connectivity index (χ0n) is 5.43. The Morgan fingerprint density at radius 1 is 1.44 bits per heavy atom. The number of aliphatic hydroxyl groups excluding tert-OH is 1. The number of aliphatic hydroxyl groups is 1. The van der Waals surface area contributed by atoms with Gasteiger partial charge in [-0.25, -0.2) is 0 Å². The molecule has 0 saturated heterocycles. The molecule has 0 aromatic carbocycles. The van der Waals surface area contributed by atoms with Gasteiger partial charge in [0.25, 0.3) is 0 Å². The highest BCUT2D eigenvalue weighted by atomic mass is 16.3. The smallest absolute Gasteiger partial charge is 0.220 e. The summed E-state index contributed by atoms with van der Waals surface area (Å²) in [6.07, 6.45) is 1.44. The lowest BCUT2D eigenvalue weighted by Crippen LogP contribution is -1.92. The van der Waals surface area contributed by atoms with Crippen LogP contribution in [-0.2, 0) is 4.79 Å². The van der Waals surface area contributed by atoms with Crippen LogP contribution in [0.15, 0.2) is 23.0 Å². The third-order valence-electron chi connectivity index (χ3n) is 1.53. The van der Waals surface area contributed by atoms with Gasteiger partial charge in [0.05, 0.1) is 0 Å². The van der Waals surface area contributed by atoms with Crippen molar-refractivity contribution in [2.75, 3.05) is 0 Å². The van der Waals surface area contributed by atoms with Gasteiger partial charge in [-0.2, -0.15) is 0 Å². The first-order chi connectivity index (χ1) is 4.13. The van der Waals surface area contributed by atoms with Crippen molar-refractivity contribution in [2.24, 2.45) is 0 Å². The highest BCUT2D eigenvalue weighted by Crippen LogP contribution is 2.19. The van der Waals surface area contributed by atoms with Crippen molar-refractivity contribution in [2.45, 2.75) is 13.8 Å². The van der Waals surface area contributed by atoms with Crippen LogP contribution in [-0.4, -0.2) is 10.9 Å². The van der Waals surface area contributed by atoms with Gasteiger partial charge in [0, 0.05) is 0 Å². The number of ketones is 1. The molecule has 1 aliphatic carbocycles. The van der Waals surface area contributed by atoms with Gasteiger partial charge in [-0.1, -0.05) is 0 Å². The van der Waals surface area contributed by atoms with Crippen molar-refractivity contribution in [3.63, 3.8) is 0 Å². The lowest BCUT2D eigenvalue weighted by Gasteiger charge is -1.91. The summed E-state index contributed by atoms with van der Waals surface area (Å²) in [6.45, 7) is 3.53. The Bertz CT molecular complexity index is 221. The van der Waals surface area contributed by atoms with Gasteiger partial charge in [0.15, 0.2) is 5.76 Å². The SMILES string of the molecule is CC1=CC(=O)C(O)=C1C. The second-order valence-corrected chi connectivity index (χ2v) is 2.17. The van der Waals surface area contributed by atoms with Crippen LogP contribution >= 0.6 is 0 Å². The van der Waals surface area contributed by atoms with Gasteiger partial charge in [0.1, 0.15) is 0 Å². The number of carbonyl (C=O) groups excluding carboxylic acids is 1. The largest absolute Gasteiger partial charge is 0.504 e. The van der Waals surface area contributed by atoms with Crippen LogP contribution in [0.1, 0.15) is 13.8 Å².